The van der Waals surface area contributed by atoms with Crippen LogP contribution in [0.15, 0.2) is 27.7 Å². The first-order valence-corrected chi connectivity index (χ1v) is 9.04. The van der Waals surface area contributed by atoms with Gasteiger partial charge in [0.2, 0.25) is 6.19 Å². The van der Waals surface area contributed by atoms with Gasteiger partial charge in [0.25, 0.3) is 0 Å². The minimum atomic E-state index is -0.892. The van der Waals surface area contributed by atoms with Crippen LogP contribution in [0.25, 0.3) is 0 Å². The van der Waals surface area contributed by atoms with Gasteiger partial charge in [0.05, 0.1) is 17.6 Å². The van der Waals surface area contributed by atoms with Crippen molar-refractivity contribution in [2.75, 3.05) is 12.3 Å². The van der Waals surface area contributed by atoms with Gasteiger partial charge in [-0.1, -0.05) is 27.7 Å². The summed E-state index contributed by atoms with van der Waals surface area (Å²) in [5.41, 5.74) is 0.516. The molecule has 0 bridgehead atoms. The molecule has 0 aromatic heterocycles. The summed E-state index contributed by atoms with van der Waals surface area (Å²) in [6.07, 6.45) is 0.950. The molecular weight excluding hydrogens is 378 g/mol. The van der Waals surface area contributed by atoms with Gasteiger partial charge in [-0.2, -0.15) is 5.26 Å². The summed E-state index contributed by atoms with van der Waals surface area (Å²) in [5.74, 6) is 0.746. The molecule has 0 saturated carbocycles. The second-order valence-electron chi connectivity index (χ2n) is 6.21. The monoisotopic (exact) mass is 393 g/mol. The van der Waals surface area contributed by atoms with Gasteiger partial charge in [-0.3, -0.25) is 4.79 Å². The van der Waals surface area contributed by atoms with E-state index in [0.29, 0.717) is 17.3 Å². The van der Waals surface area contributed by atoms with Gasteiger partial charge in [0, 0.05) is 22.3 Å². The molecule has 7 heteroatoms. The number of halogens is 1. The fourth-order valence-electron chi connectivity index (χ4n) is 3.18. The van der Waals surface area contributed by atoms with Crippen LogP contribution >= 0.6 is 27.7 Å². The quantitative estimate of drug-likeness (QED) is 0.742. The number of hydrogen-bond acceptors (Lipinski definition) is 5. The standard InChI is InChI=1S/C16H16BrN3O2S/c1-16(2)13(21)10-4-3-9(17)7-11(10)12(14(16)22)20-5-6-23-15(20)19-8-18/h3-4,7,12,14,22H,5-6H2,1-2H3/t12-,14+/m1/s1. The van der Waals surface area contributed by atoms with Crippen molar-refractivity contribution in [1.29, 1.82) is 5.26 Å². The van der Waals surface area contributed by atoms with Gasteiger partial charge in [0.15, 0.2) is 11.0 Å². The van der Waals surface area contributed by atoms with Crippen molar-refractivity contribution in [1.82, 2.24) is 4.90 Å². The highest BCUT2D eigenvalue weighted by Crippen LogP contribution is 2.46. The van der Waals surface area contributed by atoms with E-state index in [4.69, 9.17) is 5.26 Å². The minimum absolute atomic E-state index is 0.0608. The molecule has 1 aromatic rings. The van der Waals surface area contributed by atoms with Crippen molar-refractivity contribution in [3.05, 3.63) is 33.8 Å². The van der Waals surface area contributed by atoms with Gasteiger partial charge < -0.3 is 10.0 Å². The van der Waals surface area contributed by atoms with Crippen molar-refractivity contribution in [3.63, 3.8) is 0 Å². The number of carbonyl (C=O) groups is 1. The molecule has 1 aliphatic heterocycles. The van der Waals surface area contributed by atoms with Crippen LogP contribution in [0.5, 0.6) is 0 Å². The van der Waals surface area contributed by atoms with Crippen molar-refractivity contribution in [2.45, 2.75) is 26.0 Å². The van der Waals surface area contributed by atoms with Crippen molar-refractivity contribution < 1.29 is 9.90 Å². The minimum Gasteiger partial charge on any atom is -0.390 e. The zero-order valence-electron chi connectivity index (χ0n) is 12.8. The van der Waals surface area contributed by atoms with Crippen LogP contribution in [0.2, 0.25) is 0 Å². The molecule has 1 aromatic carbocycles. The summed E-state index contributed by atoms with van der Waals surface area (Å²) in [4.78, 5) is 18.6. The number of Topliss-reactive ketones (excluding diaryl/α,β-unsaturated/α-hetero) is 1. The first-order chi connectivity index (χ1) is 10.9. The Bertz CT molecular complexity index is 741. The summed E-state index contributed by atoms with van der Waals surface area (Å²) in [7, 11) is 0. The number of rotatable bonds is 1. The summed E-state index contributed by atoms with van der Waals surface area (Å²) in [6.45, 7) is 4.22. The van der Waals surface area contributed by atoms with E-state index in [-0.39, 0.29) is 5.78 Å². The van der Waals surface area contributed by atoms with E-state index in [2.05, 4.69) is 20.9 Å². The van der Waals surface area contributed by atoms with Gasteiger partial charge in [0.1, 0.15) is 0 Å². The number of nitrogens with zero attached hydrogens (tertiary/aromatic N) is 3. The smallest absolute Gasteiger partial charge is 0.208 e. The van der Waals surface area contributed by atoms with Crippen molar-refractivity contribution in [2.24, 2.45) is 10.4 Å². The second-order valence-corrected chi connectivity index (χ2v) is 8.19. The van der Waals surface area contributed by atoms with E-state index < -0.39 is 17.6 Å². The van der Waals surface area contributed by atoms with Crippen molar-refractivity contribution in [3.8, 4) is 6.19 Å². The van der Waals surface area contributed by atoms with Gasteiger partial charge in [-0.05, 0) is 37.6 Å². The molecule has 0 amide bonds. The fourth-order valence-corrected chi connectivity index (χ4v) is 4.51. The van der Waals surface area contributed by atoms with E-state index in [9.17, 15) is 9.90 Å². The highest BCUT2D eigenvalue weighted by molar-refractivity contribution is 9.10. The average molecular weight is 394 g/mol. The van der Waals surface area contributed by atoms with Crippen LogP contribution in [0.4, 0.5) is 0 Å². The third-order valence-electron chi connectivity index (χ3n) is 4.49. The number of aliphatic hydroxyl groups is 1. The summed E-state index contributed by atoms with van der Waals surface area (Å²) >= 11 is 4.94. The van der Waals surface area contributed by atoms with E-state index >= 15 is 0 Å². The zero-order chi connectivity index (χ0) is 16.8. The maximum absolute atomic E-state index is 12.7. The Balaban J connectivity index is 2.18. The highest BCUT2D eigenvalue weighted by Gasteiger charge is 2.50. The molecule has 0 unspecified atom stereocenters. The summed E-state index contributed by atoms with van der Waals surface area (Å²) in [5, 5.41) is 20.4. The SMILES string of the molecule is CC1(C)C(=O)c2ccc(Br)cc2[C@@H](N2CCSC2=NC#N)[C@@H]1O. The lowest BCUT2D eigenvalue weighted by atomic mass is 9.68. The largest absolute Gasteiger partial charge is 0.390 e. The molecule has 0 radical (unpaired) electrons. The Morgan fingerprint density at radius 3 is 2.96 bits per heavy atom. The van der Waals surface area contributed by atoms with Crippen LogP contribution in [-0.2, 0) is 0 Å². The number of ketones is 1. The topological polar surface area (TPSA) is 76.7 Å². The predicted octanol–water partition coefficient (Wildman–Crippen LogP) is 2.96. The first kappa shape index (κ1) is 16.5. The zero-order valence-corrected chi connectivity index (χ0v) is 15.2. The van der Waals surface area contributed by atoms with E-state index in [0.717, 1.165) is 15.8 Å². The molecule has 1 aliphatic carbocycles. The summed E-state index contributed by atoms with van der Waals surface area (Å²) in [6, 6.07) is 5.12. The van der Waals surface area contributed by atoms with Crippen LogP contribution < -0.4 is 0 Å². The summed E-state index contributed by atoms with van der Waals surface area (Å²) < 4.78 is 0.853. The number of nitriles is 1. The molecule has 23 heavy (non-hydrogen) atoms. The van der Waals surface area contributed by atoms with Crippen LogP contribution in [0.3, 0.4) is 0 Å². The number of hydrogen-bond donors (Lipinski definition) is 1. The number of fused-ring (bicyclic) bond motifs is 1. The molecule has 2 aliphatic rings. The van der Waals surface area contributed by atoms with Crippen LogP contribution in [-0.4, -0.2) is 39.4 Å². The van der Waals surface area contributed by atoms with E-state index in [1.165, 1.54) is 11.8 Å². The lowest BCUT2D eigenvalue weighted by Crippen LogP contribution is -2.51. The molecular formula is C16H16BrN3O2S. The van der Waals surface area contributed by atoms with Crippen LogP contribution in [0, 0.1) is 16.9 Å². The van der Waals surface area contributed by atoms with Gasteiger partial charge in [-0.25, -0.2) is 0 Å². The molecule has 2 atom stereocenters. The number of benzene rings is 1. The lowest BCUT2D eigenvalue weighted by molar-refractivity contribution is -0.00573. The molecule has 1 fully saturated rings. The molecule has 1 saturated heterocycles. The average Bonchev–Trinajstić information content (AvgIpc) is 2.94. The molecule has 120 valence electrons. The highest BCUT2D eigenvalue weighted by atomic mass is 79.9. The molecule has 1 heterocycles. The fraction of sp³-hybridized carbons (Fsp3) is 0.438. The first-order valence-electron chi connectivity index (χ1n) is 7.26. The number of amidine groups is 1. The van der Waals surface area contributed by atoms with Gasteiger partial charge in [-0.15, -0.1) is 4.99 Å². The van der Waals surface area contributed by atoms with Gasteiger partial charge >= 0.3 is 0 Å². The van der Waals surface area contributed by atoms with E-state index in [1.54, 1.807) is 19.9 Å². The third-order valence-corrected chi connectivity index (χ3v) is 5.96. The number of carbonyl (C=O) groups excluding carboxylic acids is 1. The predicted molar refractivity (Wildman–Crippen MR) is 93.2 cm³/mol. The molecule has 3 rings (SSSR count). The number of thioether (sulfide) groups is 1. The Morgan fingerprint density at radius 2 is 2.26 bits per heavy atom. The third kappa shape index (κ3) is 2.59. The Kier molecular flexibility index (Phi) is 4.25. The molecule has 0 spiro atoms. The number of aliphatic hydroxyl groups excluding tert-OH is 1. The number of aliphatic imine (C=N–C) groups is 1. The Morgan fingerprint density at radius 1 is 1.52 bits per heavy atom. The molecule has 1 N–H and O–H groups in total. The maximum atomic E-state index is 12.7. The van der Waals surface area contributed by atoms with Crippen LogP contribution in [0.1, 0.15) is 35.8 Å². The van der Waals surface area contributed by atoms with E-state index in [1.807, 2.05) is 23.2 Å². The Hall–Kier alpha value is -1.36. The second kappa shape index (κ2) is 5.93. The Labute approximate surface area is 147 Å². The normalized spacial score (nSPS) is 27.9. The lowest BCUT2D eigenvalue weighted by Gasteiger charge is -2.44. The maximum Gasteiger partial charge on any atom is 0.208 e. The molecule has 5 nitrogen and oxygen atoms in total. The van der Waals surface area contributed by atoms with Crippen molar-refractivity contribution >= 4 is 38.6 Å².